The predicted octanol–water partition coefficient (Wildman–Crippen LogP) is 2.03. The molecule has 0 aromatic heterocycles. The molecule has 2 rings (SSSR count). The summed E-state index contributed by atoms with van der Waals surface area (Å²) in [6.45, 7) is 3.01. The second kappa shape index (κ2) is 6.06. The SMILES string of the molecule is CCNC(=O)c1ccccc1N1CC(CCl)CC1=O. The average molecular weight is 281 g/mol. The van der Waals surface area contributed by atoms with Crippen LogP contribution in [0.2, 0.25) is 0 Å². The maximum atomic E-state index is 12.0. The minimum Gasteiger partial charge on any atom is -0.352 e. The fraction of sp³-hybridized carbons (Fsp3) is 0.429. The Labute approximate surface area is 117 Å². The molecule has 1 aliphatic heterocycles. The van der Waals surface area contributed by atoms with Crippen molar-refractivity contribution in [3.8, 4) is 0 Å². The lowest BCUT2D eigenvalue weighted by Gasteiger charge is -2.19. The molecule has 1 unspecified atom stereocenters. The molecule has 0 bridgehead atoms. The number of para-hydroxylation sites is 1. The number of amides is 2. The van der Waals surface area contributed by atoms with Crippen LogP contribution >= 0.6 is 11.6 Å². The summed E-state index contributed by atoms with van der Waals surface area (Å²) in [5.41, 5.74) is 1.21. The molecular weight excluding hydrogens is 264 g/mol. The van der Waals surface area contributed by atoms with Crippen molar-refractivity contribution in [2.24, 2.45) is 5.92 Å². The zero-order valence-corrected chi connectivity index (χ0v) is 11.6. The summed E-state index contributed by atoms with van der Waals surface area (Å²) < 4.78 is 0. The molecule has 1 fully saturated rings. The highest BCUT2D eigenvalue weighted by Gasteiger charge is 2.31. The van der Waals surface area contributed by atoms with E-state index in [9.17, 15) is 9.59 Å². The number of hydrogen-bond donors (Lipinski definition) is 1. The number of benzene rings is 1. The van der Waals surface area contributed by atoms with Gasteiger partial charge in [0.05, 0.1) is 11.3 Å². The van der Waals surface area contributed by atoms with Crippen molar-refractivity contribution in [2.45, 2.75) is 13.3 Å². The van der Waals surface area contributed by atoms with Gasteiger partial charge in [-0.1, -0.05) is 12.1 Å². The molecule has 0 spiro atoms. The molecule has 1 aromatic carbocycles. The number of nitrogens with zero attached hydrogens (tertiary/aromatic N) is 1. The van der Waals surface area contributed by atoms with Crippen molar-refractivity contribution in [3.63, 3.8) is 0 Å². The van der Waals surface area contributed by atoms with Gasteiger partial charge >= 0.3 is 0 Å². The summed E-state index contributed by atoms with van der Waals surface area (Å²) in [5.74, 6) is 0.505. The number of nitrogens with one attached hydrogen (secondary N) is 1. The van der Waals surface area contributed by atoms with Crippen molar-refractivity contribution in [2.75, 3.05) is 23.9 Å². The highest BCUT2D eigenvalue weighted by Crippen LogP contribution is 2.28. The molecule has 1 N–H and O–H groups in total. The molecule has 2 amide bonds. The molecule has 1 atom stereocenters. The Morgan fingerprint density at radius 3 is 2.84 bits per heavy atom. The third kappa shape index (κ3) is 2.89. The largest absolute Gasteiger partial charge is 0.352 e. The zero-order chi connectivity index (χ0) is 13.8. The molecule has 1 heterocycles. The third-order valence-corrected chi connectivity index (χ3v) is 3.64. The standard InChI is InChI=1S/C14H17ClN2O2/c1-2-16-14(19)11-5-3-4-6-12(11)17-9-10(8-15)7-13(17)18/h3-6,10H,2,7-9H2,1H3,(H,16,19). The first-order chi connectivity index (χ1) is 9.17. The third-order valence-electron chi connectivity index (χ3n) is 3.20. The van der Waals surface area contributed by atoms with Gasteiger partial charge in [0, 0.05) is 25.4 Å². The van der Waals surface area contributed by atoms with E-state index in [0.717, 1.165) is 0 Å². The molecule has 1 saturated heterocycles. The fourth-order valence-electron chi connectivity index (χ4n) is 2.27. The lowest BCUT2D eigenvalue weighted by molar-refractivity contribution is -0.117. The van der Waals surface area contributed by atoms with E-state index >= 15 is 0 Å². The van der Waals surface area contributed by atoms with Crippen molar-refractivity contribution in [1.29, 1.82) is 0 Å². The maximum absolute atomic E-state index is 12.0. The Morgan fingerprint density at radius 1 is 1.47 bits per heavy atom. The van der Waals surface area contributed by atoms with E-state index in [1.165, 1.54) is 0 Å². The number of carbonyl (C=O) groups excluding carboxylic acids is 2. The molecule has 5 heteroatoms. The van der Waals surface area contributed by atoms with E-state index in [1.807, 2.05) is 13.0 Å². The average Bonchev–Trinajstić information content (AvgIpc) is 2.80. The molecule has 1 aliphatic rings. The summed E-state index contributed by atoms with van der Waals surface area (Å²) in [4.78, 5) is 25.7. The summed E-state index contributed by atoms with van der Waals surface area (Å²) in [5, 5.41) is 2.76. The van der Waals surface area contributed by atoms with Crippen molar-refractivity contribution < 1.29 is 9.59 Å². The first kappa shape index (κ1) is 13.9. The van der Waals surface area contributed by atoms with E-state index in [0.29, 0.717) is 36.6 Å². The van der Waals surface area contributed by atoms with Crippen LogP contribution in [0.3, 0.4) is 0 Å². The lowest BCUT2D eigenvalue weighted by atomic mass is 10.1. The molecule has 4 nitrogen and oxygen atoms in total. The van der Waals surface area contributed by atoms with Gasteiger partial charge in [0.15, 0.2) is 0 Å². The van der Waals surface area contributed by atoms with Crippen molar-refractivity contribution in [3.05, 3.63) is 29.8 Å². The summed E-state index contributed by atoms with van der Waals surface area (Å²) in [6, 6.07) is 7.17. The van der Waals surface area contributed by atoms with Crippen LogP contribution < -0.4 is 10.2 Å². The molecule has 0 radical (unpaired) electrons. The van der Waals surface area contributed by atoms with Gasteiger partial charge in [-0.2, -0.15) is 0 Å². The number of rotatable bonds is 4. The number of hydrogen-bond acceptors (Lipinski definition) is 2. The van der Waals surface area contributed by atoms with E-state index in [-0.39, 0.29) is 17.7 Å². The van der Waals surface area contributed by atoms with Crippen LogP contribution in [0.25, 0.3) is 0 Å². The number of alkyl halides is 1. The van der Waals surface area contributed by atoms with Gasteiger partial charge < -0.3 is 10.2 Å². The Morgan fingerprint density at radius 2 is 2.21 bits per heavy atom. The molecular formula is C14H17ClN2O2. The first-order valence-corrected chi connectivity index (χ1v) is 6.94. The predicted molar refractivity (Wildman–Crippen MR) is 75.6 cm³/mol. The minimum absolute atomic E-state index is 0.0300. The summed E-state index contributed by atoms with van der Waals surface area (Å²) in [6.07, 6.45) is 0.452. The second-order valence-corrected chi connectivity index (χ2v) is 4.91. The Bertz CT molecular complexity index is 490. The van der Waals surface area contributed by atoms with Gasteiger partial charge in [-0.3, -0.25) is 9.59 Å². The molecule has 19 heavy (non-hydrogen) atoms. The van der Waals surface area contributed by atoms with Crippen LogP contribution in [0.15, 0.2) is 24.3 Å². The van der Waals surface area contributed by atoms with Crippen LogP contribution in [-0.4, -0.2) is 30.8 Å². The summed E-state index contributed by atoms with van der Waals surface area (Å²) >= 11 is 5.82. The van der Waals surface area contributed by atoms with Gasteiger partial charge in [-0.15, -0.1) is 11.6 Å². The number of halogens is 1. The molecule has 0 saturated carbocycles. The van der Waals surface area contributed by atoms with Crippen molar-refractivity contribution in [1.82, 2.24) is 5.32 Å². The van der Waals surface area contributed by atoms with E-state index in [1.54, 1.807) is 23.1 Å². The van der Waals surface area contributed by atoms with E-state index in [4.69, 9.17) is 11.6 Å². The van der Waals surface area contributed by atoms with Crippen LogP contribution in [-0.2, 0) is 4.79 Å². The zero-order valence-electron chi connectivity index (χ0n) is 10.9. The highest BCUT2D eigenvalue weighted by molar-refractivity contribution is 6.18. The quantitative estimate of drug-likeness (QED) is 0.858. The Hall–Kier alpha value is -1.55. The summed E-state index contributed by atoms with van der Waals surface area (Å²) in [7, 11) is 0. The van der Waals surface area contributed by atoms with Gasteiger partial charge in [0.2, 0.25) is 5.91 Å². The lowest BCUT2D eigenvalue weighted by Crippen LogP contribution is -2.30. The van der Waals surface area contributed by atoms with Crippen molar-refractivity contribution >= 4 is 29.1 Å². The Balaban J connectivity index is 2.30. The number of anilines is 1. The normalized spacial score (nSPS) is 18.7. The maximum Gasteiger partial charge on any atom is 0.253 e. The van der Waals surface area contributed by atoms with E-state index in [2.05, 4.69) is 5.32 Å². The number of carbonyl (C=O) groups is 2. The first-order valence-electron chi connectivity index (χ1n) is 6.41. The van der Waals surface area contributed by atoms with Crippen LogP contribution in [0.1, 0.15) is 23.7 Å². The molecule has 1 aromatic rings. The van der Waals surface area contributed by atoms with Crippen LogP contribution in [0.5, 0.6) is 0 Å². The fourth-order valence-corrected chi connectivity index (χ4v) is 2.48. The van der Waals surface area contributed by atoms with E-state index < -0.39 is 0 Å². The topological polar surface area (TPSA) is 49.4 Å². The molecule has 0 aliphatic carbocycles. The van der Waals surface area contributed by atoms with Gasteiger partial charge in [-0.25, -0.2) is 0 Å². The minimum atomic E-state index is -0.153. The smallest absolute Gasteiger partial charge is 0.253 e. The van der Waals surface area contributed by atoms with Gasteiger partial charge in [0.25, 0.3) is 5.91 Å². The molecule has 102 valence electrons. The van der Waals surface area contributed by atoms with Crippen LogP contribution in [0, 0.1) is 5.92 Å². The van der Waals surface area contributed by atoms with Crippen LogP contribution in [0.4, 0.5) is 5.69 Å². The van der Waals surface area contributed by atoms with Gasteiger partial charge in [0.1, 0.15) is 0 Å². The second-order valence-electron chi connectivity index (χ2n) is 4.61. The Kier molecular flexibility index (Phi) is 4.43. The highest BCUT2D eigenvalue weighted by atomic mass is 35.5. The monoisotopic (exact) mass is 280 g/mol. The van der Waals surface area contributed by atoms with Gasteiger partial charge in [-0.05, 0) is 25.0 Å².